The van der Waals surface area contributed by atoms with E-state index in [2.05, 4.69) is 33.3 Å². The van der Waals surface area contributed by atoms with Crippen molar-refractivity contribution in [2.75, 3.05) is 6.54 Å². The summed E-state index contributed by atoms with van der Waals surface area (Å²) in [5.41, 5.74) is 4.04. The molecule has 7 nitrogen and oxygen atoms in total. The average Bonchev–Trinajstić information content (AvgIpc) is 3.19. The van der Waals surface area contributed by atoms with Crippen molar-refractivity contribution < 1.29 is 4.79 Å². The second kappa shape index (κ2) is 8.14. The number of hydrogen-bond acceptors (Lipinski definition) is 4. The quantitative estimate of drug-likeness (QED) is 0.689. The van der Waals surface area contributed by atoms with E-state index in [1.807, 2.05) is 35.9 Å². The summed E-state index contributed by atoms with van der Waals surface area (Å²) >= 11 is 0. The zero-order chi connectivity index (χ0) is 19.5. The fraction of sp³-hybridized carbons (Fsp3) is 0.476. The molecule has 1 aromatic carbocycles. The van der Waals surface area contributed by atoms with Crippen molar-refractivity contribution >= 4 is 16.9 Å². The number of para-hydroxylation sites is 2. The molecule has 1 unspecified atom stereocenters. The fourth-order valence-corrected chi connectivity index (χ4v) is 3.88. The first-order chi connectivity index (χ1) is 13.7. The molecular weight excluding hydrogens is 352 g/mol. The van der Waals surface area contributed by atoms with Crippen LogP contribution in [-0.2, 0) is 30.8 Å². The normalized spacial score (nSPS) is 15.2. The number of benzene rings is 1. The Morgan fingerprint density at radius 3 is 3.07 bits per heavy atom. The average molecular weight is 380 g/mol. The third-order valence-corrected chi connectivity index (χ3v) is 5.30. The Hall–Kier alpha value is -2.67. The predicted octanol–water partition coefficient (Wildman–Crippen LogP) is 2.56. The van der Waals surface area contributed by atoms with Crippen LogP contribution in [0, 0.1) is 0 Å². The van der Waals surface area contributed by atoms with Gasteiger partial charge < -0.3 is 15.2 Å². The molecule has 1 amide bonds. The van der Waals surface area contributed by atoms with Gasteiger partial charge in [0.25, 0.3) is 0 Å². The second-order valence-electron chi connectivity index (χ2n) is 7.41. The van der Waals surface area contributed by atoms with Crippen LogP contribution >= 0.6 is 0 Å². The molecule has 28 heavy (non-hydrogen) atoms. The number of hydrogen-bond donors (Lipinski definition) is 2. The number of amides is 1. The molecule has 4 rings (SSSR count). The SMILES string of the molecule is CCCc1nc2ccccc2n1C(C)C(=O)NCc1cc2n(n1)CCCNC2. The molecule has 0 saturated heterocycles. The molecular formula is C21H28N6O. The number of nitrogens with one attached hydrogen (secondary N) is 2. The molecule has 0 bridgehead atoms. The van der Waals surface area contributed by atoms with Gasteiger partial charge in [-0.05, 0) is 44.5 Å². The van der Waals surface area contributed by atoms with Crippen LogP contribution < -0.4 is 10.6 Å². The van der Waals surface area contributed by atoms with Gasteiger partial charge in [0.15, 0.2) is 0 Å². The molecule has 7 heteroatoms. The maximum atomic E-state index is 12.9. The highest BCUT2D eigenvalue weighted by atomic mass is 16.2. The molecule has 0 saturated carbocycles. The molecule has 2 N–H and O–H groups in total. The summed E-state index contributed by atoms with van der Waals surface area (Å²) in [5, 5.41) is 11.1. The van der Waals surface area contributed by atoms with E-state index in [0.29, 0.717) is 6.54 Å². The van der Waals surface area contributed by atoms with Crippen LogP contribution in [0.1, 0.15) is 49.9 Å². The Labute approximate surface area is 165 Å². The highest BCUT2D eigenvalue weighted by molar-refractivity contribution is 5.84. The molecule has 0 aliphatic carbocycles. The van der Waals surface area contributed by atoms with Gasteiger partial charge in [0.1, 0.15) is 11.9 Å². The molecule has 148 valence electrons. The summed E-state index contributed by atoms with van der Waals surface area (Å²) in [5.74, 6) is 0.952. The van der Waals surface area contributed by atoms with Crippen molar-refractivity contribution in [3.05, 3.63) is 47.5 Å². The molecule has 1 aliphatic heterocycles. The fourth-order valence-electron chi connectivity index (χ4n) is 3.88. The highest BCUT2D eigenvalue weighted by Gasteiger charge is 2.21. The number of imidazole rings is 1. The van der Waals surface area contributed by atoms with Gasteiger partial charge in [0.05, 0.1) is 29.0 Å². The monoisotopic (exact) mass is 380 g/mol. The van der Waals surface area contributed by atoms with Gasteiger partial charge in [-0.15, -0.1) is 0 Å². The molecule has 3 aromatic rings. The van der Waals surface area contributed by atoms with Gasteiger partial charge in [-0.1, -0.05) is 19.1 Å². The zero-order valence-electron chi connectivity index (χ0n) is 16.6. The zero-order valence-corrected chi connectivity index (χ0v) is 16.6. The van der Waals surface area contributed by atoms with Crippen molar-refractivity contribution in [2.45, 2.75) is 58.8 Å². The smallest absolute Gasteiger partial charge is 0.243 e. The second-order valence-corrected chi connectivity index (χ2v) is 7.41. The van der Waals surface area contributed by atoms with Crippen molar-refractivity contribution in [1.82, 2.24) is 30.0 Å². The number of carbonyl (C=O) groups excluding carboxylic acids is 1. The van der Waals surface area contributed by atoms with Crippen LogP contribution in [0.3, 0.4) is 0 Å². The number of aryl methyl sites for hydroxylation is 2. The predicted molar refractivity (Wildman–Crippen MR) is 109 cm³/mol. The number of rotatable bonds is 6. The molecule has 0 radical (unpaired) electrons. The maximum Gasteiger partial charge on any atom is 0.243 e. The van der Waals surface area contributed by atoms with E-state index in [9.17, 15) is 4.79 Å². The van der Waals surface area contributed by atoms with Crippen LogP contribution in [-0.4, -0.2) is 31.8 Å². The number of carbonyl (C=O) groups is 1. The van der Waals surface area contributed by atoms with E-state index in [4.69, 9.17) is 4.98 Å². The molecule has 3 heterocycles. The summed E-state index contributed by atoms with van der Waals surface area (Å²) < 4.78 is 4.12. The van der Waals surface area contributed by atoms with Crippen LogP contribution in [0.25, 0.3) is 11.0 Å². The molecule has 2 aromatic heterocycles. The first-order valence-electron chi connectivity index (χ1n) is 10.2. The van der Waals surface area contributed by atoms with Crippen LogP contribution in [0.2, 0.25) is 0 Å². The summed E-state index contributed by atoms with van der Waals surface area (Å²) in [6.45, 7) is 7.29. The van der Waals surface area contributed by atoms with Gasteiger partial charge in [0.2, 0.25) is 5.91 Å². The maximum absolute atomic E-state index is 12.9. The van der Waals surface area contributed by atoms with E-state index in [1.165, 1.54) is 5.69 Å². The van der Waals surface area contributed by atoms with Crippen molar-refractivity contribution in [3.63, 3.8) is 0 Å². The standard InChI is InChI=1S/C21H28N6O/c1-3-7-20-24-18-8-4-5-9-19(18)27(20)15(2)21(28)23-13-16-12-17-14-22-10-6-11-26(17)25-16/h4-5,8-9,12,15,22H,3,6-7,10-11,13-14H2,1-2H3,(H,23,28). The molecule has 0 spiro atoms. The summed E-state index contributed by atoms with van der Waals surface area (Å²) in [4.78, 5) is 17.6. The van der Waals surface area contributed by atoms with Gasteiger partial charge >= 0.3 is 0 Å². The third kappa shape index (κ3) is 3.67. The minimum atomic E-state index is -0.323. The number of aromatic nitrogens is 4. The van der Waals surface area contributed by atoms with Gasteiger partial charge in [0, 0.05) is 19.5 Å². The third-order valence-electron chi connectivity index (χ3n) is 5.30. The lowest BCUT2D eigenvalue weighted by Crippen LogP contribution is -2.31. The lowest BCUT2D eigenvalue weighted by molar-refractivity contribution is -0.124. The lowest BCUT2D eigenvalue weighted by Gasteiger charge is -2.17. The van der Waals surface area contributed by atoms with Gasteiger partial charge in [-0.3, -0.25) is 9.48 Å². The number of fused-ring (bicyclic) bond motifs is 2. The summed E-state index contributed by atoms with van der Waals surface area (Å²) in [6, 6.07) is 9.77. The lowest BCUT2D eigenvalue weighted by atomic mass is 10.2. The van der Waals surface area contributed by atoms with Crippen molar-refractivity contribution in [2.24, 2.45) is 0 Å². The summed E-state index contributed by atoms with van der Waals surface area (Å²) in [6.07, 6.45) is 2.92. The van der Waals surface area contributed by atoms with Crippen LogP contribution in [0.15, 0.2) is 30.3 Å². The Kier molecular flexibility index (Phi) is 5.43. The van der Waals surface area contributed by atoms with E-state index >= 15 is 0 Å². The largest absolute Gasteiger partial charge is 0.349 e. The van der Waals surface area contributed by atoms with Gasteiger partial charge in [-0.2, -0.15) is 5.10 Å². The van der Waals surface area contributed by atoms with Crippen molar-refractivity contribution in [1.29, 1.82) is 0 Å². The minimum absolute atomic E-state index is 0.0122. The Bertz CT molecular complexity index is 949. The number of nitrogens with zero attached hydrogens (tertiary/aromatic N) is 4. The van der Waals surface area contributed by atoms with Gasteiger partial charge in [-0.25, -0.2) is 4.98 Å². The first kappa shape index (κ1) is 18.7. The Balaban J connectivity index is 1.49. The minimum Gasteiger partial charge on any atom is -0.349 e. The highest BCUT2D eigenvalue weighted by Crippen LogP contribution is 2.22. The van der Waals surface area contributed by atoms with E-state index < -0.39 is 0 Å². The van der Waals surface area contributed by atoms with Crippen molar-refractivity contribution in [3.8, 4) is 0 Å². The van der Waals surface area contributed by atoms with Crippen LogP contribution in [0.5, 0.6) is 0 Å². The first-order valence-corrected chi connectivity index (χ1v) is 10.2. The molecule has 0 fully saturated rings. The topological polar surface area (TPSA) is 76.8 Å². The Morgan fingerprint density at radius 1 is 1.36 bits per heavy atom. The molecule has 1 aliphatic rings. The molecule has 1 atom stereocenters. The van der Waals surface area contributed by atoms with E-state index in [1.54, 1.807) is 0 Å². The van der Waals surface area contributed by atoms with E-state index in [0.717, 1.165) is 61.4 Å². The van der Waals surface area contributed by atoms with Crippen LogP contribution in [0.4, 0.5) is 0 Å². The summed E-state index contributed by atoms with van der Waals surface area (Å²) in [7, 11) is 0. The Morgan fingerprint density at radius 2 is 2.21 bits per heavy atom. The van der Waals surface area contributed by atoms with E-state index in [-0.39, 0.29) is 11.9 Å².